The van der Waals surface area contributed by atoms with Gasteiger partial charge in [-0.3, -0.25) is 10.1 Å². The average Bonchev–Trinajstić information content (AvgIpc) is 3.18. The first-order valence-corrected chi connectivity index (χ1v) is 10.9. The third-order valence-electron chi connectivity index (χ3n) is 5.95. The molecule has 190 valence electrons. The Kier molecular flexibility index (Phi) is 6.88. The quantitative estimate of drug-likeness (QED) is 0.466. The van der Waals surface area contributed by atoms with Crippen LogP contribution in [0.2, 0.25) is 0 Å². The molecule has 0 spiro atoms. The Morgan fingerprint density at radius 1 is 1.17 bits per heavy atom. The van der Waals surface area contributed by atoms with E-state index >= 15 is 0 Å². The number of hydrogen-bond donors (Lipinski definition) is 2. The van der Waals surface area contributed by atoms with Crippen molar-refractivity contribution in [2.75, 3.05) is 17.7 Å². The maximum atomic E-state index is 13.9. The van der Waals surface area contributed by atoms with Crippen LogP contribution >= 0.6 is 0 Å². The van der Waals surface area contributed by atoms with Gasteiger partial charge < -0.3 is 14.8 Å². The van der Waals surface area contributed by atoms with Crippen LogP contribution < -0.4 is 10.6 Å². The Hall–Kier alpha value is -4.07. The molecule has 1 fully saturated rings. The minimum Gasteiger partial charge on any atom is -0.441 e. The van der Waals surface area contributed by atoms with E-state index in [0.717, 1.165) is 12.3 Å². The van der Waals surface area contributed by atoms with Gasteiger partial charge >= 0.3 is 6.09 Å². The minimum absolute atomic E-state index is 0.107. The monoisotopic (exact) mass is 502 g/mol. The number of methoxy groups -OCH3 is 1. The summed E-state index contributed by atoms with van der Waals surface area (Å²) in [6, 6.07) is 0.896. The molecule has 36 heavy (non-hydrogen) atoms. The second-order valence-electron chi connectivity index (χ2n) is 8.66. The number of aryl methyl sites for hydroxylation is 1. The number of aromatic nitrogens is 6. The summed E-state index contributed by atoms with van der Waals surface area (Å²) >= 11 is 0. The lowest BCUT2D eigenvalue weighted by atomic mass is 9.71. The van der Waals surface area contributed by atoms with Crippen molar-refractivity contribution in [1.29, 1.82) is 0 Å². The average molecular weight is 502 g/mol. The highest BCUT2D eigenvalue weighted by Gasteiger charge is 2.44. The number of carbonyl (C=O) groups excluding carboxylic acids is 2. The van der Waals surface area contributed by atoms with E-state index in [9.17, 15) is 18.4 Å². The second kappa shape index (κ2) is 9.89. The van der Waals surface area contributed by atoms with Crippen molar-refractivity contribution in [2.45, 2.75) is 38.4 Å². The van der Waals surface area contributed by atoms with Crippen LogP contribution in [0.15, 0.2) is 24.7 Å². The summed E-state index contributed by atoms with van der Waals surface area (Å²) in [5.74, 6) is -1.79. The van der Waals surface area contributed by atoms with Crippen molar-refractivity contribution in [1.82, 2.24) is 29.9 Å². The van der Waals surface area contributed by atoms with Crippen LogP contribution in [0.25, 0.3) is 11.5 Å². The molecule has 0 aliphatic heterocycles. The number of anilines is 2. The molecule has 1 saturated carbocycles. The van der Waals surface area contributed by atoms with E-state index in [2.05, 4.69) is 35.9 Å². The van der Waals surface area contributed by atoms with Crippen molar-refractivity contribution in [3.63, 3.8) is 0 Å². The second-order valence-corrected chi connectivity index (χ2v) is 8.66. The SMILES string of the molecule is CO[C@]1(C)C[C@H](C(=O)Nc2cnc(-c3nnn(C)c3NC(=O)O[C@H](C)c3cc(F)cnc3F)nc2)C1. The highest BCUT2D eigenvalue weighted by atomic mass is 19.1. The molecule has 0 radical (unpaired) electrons. The van der Waals surface area contributed by atoms with Gasteiger partial charge in [0.25, 0.3) is 0 Å². The molecule has 14 heteroatoms. The standard InChI is InChI=1S/C22H24F2N8O4/c1-11(15-5-13(23)8-25-17(15)24)36-21(34)29-19-16(30-31-32(19)3)18-26-9-14(10-27-18)28-20(33)12-6-22(2,7-12)35-4/h5,8-12H,6-7H2,1-4H3,(H,28,33)(H,29,34)/t11-,12-,22+/m1/s1. The molecule has 1 aliphatic rings. The molecule has 1 atom stereocenters. The number of pyridine rings is 1. The molecule has 0 unspecified atom stereocenters. The Morgan fingerprint density at radius 3 is 2.53 bits per heavy atom. The number of ether oxygens (including phenoxy) is 2. The van der Waals surface area contributed by atoms with E-state index < -0.39 is 24.0 Å². The zero-order chi connectivity index (χ0) is 26.0. The fraction of sp³-hybridized carbons (Fsp3) is 0.409. The van der Waals surface area contributed by atoms with Crippen LogP contribution in [0.5, 0.6) is 0 Å². The Morgan fingerprint density at radius 2 is 1.86 bits per heavy atom. The van der Waals surface area contributed by atoms with Gasteiger partial charge in [-0.1, -0.05) is 5.21 Å². The number of nitrogens with zero attached hydrogens (tertiary/aromatic N) is 6. The summed E-state index contributed by atoms with van der Waals surface area (Å²) in [7, 11) is 3.14. The molecule has 2 amide bonds. The molecule has 2 N–H and O–H groups in total. The van der Waals surface area contributed by atoms with E-state index in [4.69, 9.17) is 9.47 Å². The molecule has 3 aromatic heterocycles. The van der Waals surface area contributed by atoms with E-state index in [1.54, 1.807) is 7.11 Å². The van der Waals surface area contributed by atoms with E-state index in [0.29, 0.717) is 18.5 Å². The van der Waals surface area contributed by atoms with Gasteiger partial charge in [-0.05, 0) is 32.8 Å². The first-order valence-electron chi connectivity index (χ1n) is 10.9. The lowest BCUT2D eigenvalue weighted by molar-refractivity contribution is -0.138. The molecule has 3 heterocycles. The molecule has 3 aromatic rings. The number of carbonyl (C=O) groups is 2. The highest BCUT2D eigenvalue weighted by Crippen LogP contribution is 2.40. The van der Waals surface area contributed by atoms with Crippen LogP contribution in [-0.2, 0) is 21.3 Å². The third kappa shape index (κ3) is 5.27. The third-order valence-corrected chi connectivity index (χ3v) is 5.95. The van der Waals surface area contributed by atoms with Gasteiger partial charge in [0.05, 0.1) is 35.4 Å². The van der Waals surface area contributed by atoms with Crippen LogP contribution in [-0.4, -0.2) is 54.7 Å². The molecule has 12 nitrogen and oxygen atoms in total. The number of halogens is 2. The normalized spacial score (nSPS) is 19.8. The van der Waals surface area contributed by atoms with Gasteiger partial charge in [-0.15, -0.1) is 5.10 Å². The van der Waals surface area contributed by atoms with E-state index in [-0.39, 0.29) is 40.3 Å². The lowest BCUT2D eigenvalue weighted by Gasteiger charge is -2.42. The lowest BCUT2D eigenvalue weighted by Crippen LogP contribution is -2.47. The highest BCUT2D eigenvalue weighted by molar-refractivity contribution is 5.93. The van der Waals surface area contributed by atoms with Gasteiger partial charge in [0.15, 0.2) is 17.3 Å². The summed E-state index contributed by atoms with van der Waals surface area (Å²) in [6.45, 7) is 3.33. The summed E-state index contributed by atoms with van der Waals surface area (Å²) in [4.78, 5) is 36.5. The van der Waals surface area contributed by atoms with Gasteiger partial charge in [0, 0.05) is 20.1 Å². The summed E-state index contributed by atoms with van der Waals surface area (Å²) < 4.78 is 39.0. The summed E-state index contributed by atoms with van der Waals surface area (Å²) in [6.07, 6.45) is 2.69. The molecule has 4 rings (SSSR count). The summed E-state index contributed by atoms with van der Waals surface area (Å²) in [5, 5.41) is 13.1. The van der Waals surface area contributed by atoms with Crippen molar-refractivity contribution in [2.24, 2.45) is 13.0 Å². The van der Waals surface area contributed by atoms with Crippen molar-refractivity contribution in [3.8, 4) is 11.5 Å². The molecule has 0 saturated heterocycles. The van der Waals surface area contributed by atoms with Crippen molar-refractivity contribution < 1.29 is 27.8 Å². The Balaban J connectivity index is 1.41. The predicted molar refractivity (Wildman–Crippen MR) is 121 cm³/mol. The van der Waals surface area contributed by atoms with Crippen molar-refractivity contribution >= 4 is 23.5 Å². The minimum atomic E-state index is -1.13. The zero-order valence-corrected chi connectivity index (χ0v) is 20.0. The van der Waals surface area contributed by atoms with Crippen LogP contribution in [0.4, 0.5) is 25.1 Å². The van der Waals surface area contributed by atoms with Crippen molar-refractivity contribution in [3.05, 3.63) is 42.0 Å². The van der Waals surface area contributed by atoms with Crippen LogP contribution in [0, 0.1) is 17.7 Å². The molecule has 0 bridgehead atoms. The number of amides is 2. The van der Waals surface area contributed by atoms with Gasteiger partial charge in [0.2, 0.25) is 11.9 Å². The first-order chi connectivity index (χ1) is 17.1. The Bertz CT molecular complexity index is 1280. The van der Waals surface area contributed by atoms with Gasteiger partial charge in [-0.2, -0.15) is 4.39 Å². The van der Waals surface area contributed by atoms with Gasteiger partial charge in [-0.25, -0.2) is 28.8 Å². The smallest absolute Gasteiger partial charge is 0.413 e. The van der Waals surface area contributed by atoms with Gasteiger partial charge in [0.1, 0.15) is 11.9 Å². The van der Waals surface area contributed by atoms with Crippen LogP contribution in [0.1, 0.15) is 38.4 Å². The topological polar surface area (TPSA) is 146 Å². The number of hydrogen-bond acceptors (Lipinski definition) is 9. The number of rotatable bonds is 7. The first kappa shape index (κ1) is 25.0. The molecular weight excluding hydrogens is 478 g/mol. The fourth-order valence-electron chi connectivity index (χ4n) is 3.82. The maximum absolute atomic E-state index is 13.9. The predicted octanol–water partition coefficient (Wildman–Crippen LogP) is 3.01. The summed E-state index contributed by atoms with van der Waals surface area (Å²) in [5.41, 5.74) is 0.0303. The van der Waals surface area contributed by atoms with E-state index in [1.165, 1.54) is 31.0 Å². The Labute approximate surface area is 204 Å². The maximum Gasteiger partial charge on any atom is 0.413 e. The zero-order valence-electron chi connectivity index (χ0n) is 20.0. The van der Waals surface area contributed by atoms with E-state index in [1.807, 2.05) is 6.92 Å². The molecule has 1 aliphatic carbocycles. The molecule has 0 aromatic carbocycles. The fourth-order valence-corrected chi connectivity index (χ4v) is 3.82. The molecular formula is C22H24F2N8O4. The largest absolute Gasteiger partial charge is 0.441 e. The number of nitrogens with one attached hydrogen (secondary N) is 2. The van der Waals surface area contributed by atoms with Crippen LogP contribution in [0.3, 0.4) is 0 Å².